The standard InChI is InChI=1S/C10H11NO3.C2H6.CH5N/c1-2-9(12)11-8-5-3-7(4-6-8)10(13)14;2*1-2/h3-6H,2H2,1H3,(H,11,12)(H,13,14);1-2H3;2H2,1H3/p+1. The molecule has 0 heterocycles. The van der Waals surface area contributed by atoms with Crippen LogP contribution in [0.3, 0.4) is 0 Å². The van der Waals surface area contributed by atoms with Crippen molar-refractivity contribution >= 4 is 17.6 Å². The molecule has 0 fully saturated rings. The summed E-state index contributed by atoms with van der Waals surface area (Å²) in [5, 5.41) is 11.2. The largest absolute Gasteiger partial charge is 0.478 e. The molecule has 0 bridgehead atoms. The molecule has 5 N–H and O–H groups in total. The Morgan fingerprint density at radius 1 is 1.17 bits per heavy atom. The summed E-state index contributed by atoms with van der Waals surface area (Å²) in [6.45, 7) is 5.75. The number of anilines is 1. The maximum absolute atomic E-state index is 11.0. The molecule has 0 aromatic heterocycles. The van der Waals surface area contributed by atoms with Crippen molar-refractivity contribution in [2.24, 2.45) is 0 Å². The lowest BCUT2D eigenvalue weighted by Crippen LogP contribution is -2.40. The van der Waals surface area contributed by atoms with E-state index in [1.165, 1.54) is 12.1 Å². The summed E-state index contributed by atoms with van der Waals surface area (Å²) in [4.78, 5) is 21.5. The fourth-order valence-corrected chi connectivity index (χ4v) is 0.946. The van der Waals surface area contributed by atoms with E-state index in [0.717, 1.165) is 0 Å². The molecule has 1 aromatic rings. The van der Waals surface area contributed by atoms with E-state index in [9.17, 15) is 9.59 Å². The monoisotopic (exact) mass is 255 g/mol. The zero-order chi connectivity index (χ0) is 14.6. The Kier molecular flexibility index (Phi) is 11.9. The van der Waals surface area contributed by atoms with Crippen molar-refractivity contribution in [1.29, 1.82) is 0 Å². The van der Waals surface area contributed by atoms with Gasteiger partial charge in [0.05, 0.1) is 12.6 Å². The summed E-state index contributed by atoms with van der Waals surface area (Å²) in [6, 6.07) is 6.04. The van der Waals surface area contributed by atoms with Crippen LogP contribution < -0.4 is 11.1 Å². The van der Waals surface area contributed by atoms with Crippen LogP contribution in [0.5, 0.6) is 0 Å². The van der Waals surface area contributed by atoms with Crippen molar-refractivity contribution in [1.82, 2.24) is 0 Å². The molecule has 18 heavy (non-hydrogen) atoms. The minimum Gasteiger partial charge on any atom is -0.478 e. The Bertz CT molecular complexity index is 348. The summed E-state index contributed by atoms with van der Waals surface area (Å²) in [5.41, 5.74) is 4.07. The van der Waals surface area contributed by atoms with Crippen molar-refractivity contribution < 1.29 is 20.4 Å². The quantitative estimate of drug-likeness (QED) is 0.766. The van der Waals surface area contributed by atoms with Gasteiger partial charge in [-0.1, -0.05) is 20.8 Å². The van der Waals surface area contributed by atoms with Gasteiger partial charge in [-0.25, -0.2) is 4.79 Å². The maximum atomic E-state index is 11.0. The molecule has 1 aromatic carbocycles. The summed E-state index contributed by atoms with van der Waals surface area (Å²) in [6.07, 6.45) is 0.403. The molecule has 0 aliphatic rings. The number of benzene rings is 1. The van der Waals surface area contributed by atoms with Crippen molar-refractivity contribution in [2.45, 2.75) is 27.2 Å². The van der Waals surface area contributed by atoms with Crippen LogP contribution in [0.25, 0.3) is 0 Å². The van der Waals surface area contributed by atoms with Gasteiger partial charge < -0.3 is 16.2 Å². The fraction of sp³-hybridized carbons (Fsp3) is 0.385. The minimum atomic E-state index is -0.974. The van der Waals surface area contributed by atoms with Gasteiger partial charge in [-0.3, -0.25) is 4.79 Å². The van der Waals surface area contributed by atoms with Gasteiger partial charge >= 0.3 is 5.97 Å². The first-order valence-electron chi connectivity index (χ1n) is 5.97. The number of hydrogen-bond acceptors (Lipinski definition) is 2. The van der Waals surface area contributed by atoms with Gasteiger partial charge in [0.15, 0.2) is 0 Å². The summed E-state index contributed by atoms with van der Waals surface area (Å²) in [7, 11) is 1.75. The van der Waals surface area contributed by atoms with Crippen LogP contribution in [0.1, 0.15) is 37.6 Å². The zero-order valence-corrected chi connectivity index (χ0v) is 11.5. The number of aromatic carboxylic acids is 1. The number of amides is 1. The van der Waals surface area contributed by atoms with Gasteiger partial charge in [0, 0.05) is 12.1 Å². The van der Waals surface area contributed by atoms with Gasteiger partial charge in [0.1, 0.15) is 0 Å². The van der Waals surface area contributed by atoms with Crippen LogP contribution in [0, 0.1) is 0 Å². The molecule has 5 nitrogen and oxygen atoms in total. The molecule has 0 unspecified atom stereocenters. The van der Waals surface area contributed by atoms with Gasteiger partial charge in [-0.15, -0.1) is 0 Å². The zero-order valence-electron chi connectivity index (χ0n) is 11.5. The third kappa shape index (κ3) is 7.40. The number of carbonyl (C=O) groups is 2. The highest BCUT2D eigenvalue weighted by atomic mass is 16.4. The smallest absolute Gasteiger partial charge is 0.335 e. The van der Waals surface area contributed by atoms with E-state index in [1.807, 2.05) is 13.8 Å². The molecule has 102 valence electrons. The summed E-state index contributed by atoms with van der Waals surface area (Å²) >= 11 is 0. The maximum Gasteiger partial charge on any atom is 0.335 e. The molecule has 0 spiro atoms. The van der Waals surface area contributed by atoms with Gasteiger partial charge in [0.2, 0.25) is 5.91 Å². The molecular weight excluding hydrogens is 232 g/mol. The average Bonchev–Trinajstić information content (AvgIpc) is 2.43. The Morgan fingerprint density at radius 3 is 1.94 bits per heavy atom. The molecule has 0 radical (unpaired) electrons. The number of quaternary nitrogens is 1. The number of carboxylic acid groups (broad SMARTS) is 1. The molecule has 5 heteroatoms. The van der Waals surface area contributed by atoms with E-state index in [-0.39, 0.29) is 11.5 Å². The third-order valence-electron chi connectivity index (χ3n) is 1.74. The number of hydrogen-bond donors (Lipinski definition) is 3. The highest BCUT2D eigenvalue weighted by Crippen LogP contribution is 2.09. The molecule has 0 saturated carbocycles. The van der Waals surface area contributed by atoms with E-state index in [4.69, 9.17) is 5.11 Å². The van der Waals surface area contributed by atoms with Crippen molar-refractivity contribution in [3.63, 3.8) is 0 Å². The van der Waals surface area contributed by atoms with Crippen LogP contribution in [0.4, 0.5) is 5.69 Å². The molecular formula is C13H23N2O3+. The van der Waals surface area contributed by atoms with E-state index in [0.29, 0.717) is 12.1 Å². The van der Waals surface area contributed by atoms with E-state index < -0.39 is 5.97 Å². The average molecular weight is 255 g/mol. The molecule has 0 aliphatic carbocycles. The Hall–Kier alpha value is -1.88. The van der Waals surface area contributed by atoms with E-state index in [1.54, 1.807) is 26.1 Å². The lowest BCUT2D eigenvalue weighted by Gasteiger charge is -2.02. The van der Waals surface area contributed by atoms with Crippen molar-refractivity contribution in [3.05, 3.63) is 29.8 Å². The van der Waals surface area contributed by atoms with Gasteiger partial charge in [-0.05, 0) is 24.3 Å². The lowest BCUT2D eigenvalue weighted by molar-refractivity contribution is -0.325. The third-order valence-corrected chi connectivity index (χ3v) is 1.74. The minimum absolute atomic E-state index is 0.0897. The first-order valence-corrected chi connectivity index (χ1v) is 5.97. The highest BCUT2D eigenvalue weighted by Gasteiger charge is 2.02. The Morgan fingerprint density at radius 2 is 1.61 bits per heavy atom. The number of carboxylic acids is 1. The van der Waals surface area contributed by atoms with Crippen LogP contribution in [-0.4, -0.2) is 24.0 Å². The van der Waals surface area contributed by atoms with E-state index in [2.05, 4.69) is 11.1 Å². The molecule has 0 aliphatic heterocycles. The SMILES string of the molecule is CC.CCC(=O)Nc1ccc(C(=O)O)cc1.C[NH3+]. The predicted octanol–water partition coefficient (Wildman–Crippen LogP) is 1.62. The predicted molar refractivity (Wildman–Crippen MR) is 72.5 cm³/mol. The van der Waals surface area contributed by atoms with Gasteiger partial charge in [-0.2, -0.15) is 0 Å². The van der Waals surface area contributed by atoms with E-state index >= 15 is 0 Å². The summed E-state index contributed by atoms with van der Waals surface area (Å²) in [5.74, 6) is -1.06. The first kappa shape index (κ1) is 18.5. The fourth-order valence-electron chi connectivity index (χ4n) is 0.946. The number of nitrogens with one attached hydrogen (secondary N) is 1. The Balaban J connectivity index is 0. The van der Waals surface area contributed by atoms with Crippen LogP contribution in [0.2, 0.25) is 0 Å². The number of carbonyl (C=O) groups excluding carboxylic acids is 1. The molecule has 0 saturated heterocycles. The lowest BCUT2D eigenvalue weighted by atomic mass is 10.2. The molecule has 1 rings (SSSR count). The van der Waals surface area contributed by atoms with Crippen molar-refractivity contribution in [2.75, 3.05) is 12.4 Å². The van der Waals surface area contributed by atoms with Gasteiger partial charge in [0.25, 0.3) is 0 Å². The Labute approximate surface area is 108 Å². The first-order chi connectivity index (χ1) is 8.63. The number of rotatable bonds is 3. The highest BCUT2D eigenvalue weighted by molar-refractivity contribution is 5.92. The second-order valence-corrected chi connectivity index (χ2v) is 2.78. The summed E-state index contributed by atoms with van der Waals surface area (Å²) < 4.78 is 0. The molecule has 1 amide bonds. The van der Waals surface area contributed by atoms with Crippen LogP contribution >= 0.6 is 0 Å². The normalized spacial score (nSPS) is 8.06. The molecule has 0 atom stereocenters. The second-order valence-electron chi connectivity index (χ2n) is 2.78. The topological polar surface area (TPSA) is 94.0 Å². The van der Waals surface area contributed by atoms with Crippen LogP contribution in [0.15, 0.2) is 24.3 Å². The van der Waals surface area contributed by atoms with Crippen molar-refractivity contribution in [3.8, 4) is 0 Å². The second kappa shape index (κ2) is 11.6. The van der Waals surface area contributed by atoms with Crippen LogP contribution in [-0.2, 0) is 4.79 Å².